The lowest BCUT2D eigenvalue weighted by molar-refractivity contribution is 0.830. The van der Waals surface area contributed by atoms with E-state index >= 15 is 0 Å². The second kappa shape index (κ2) is 7.05. The van der Waals surface area contributed by atoms with Crippen LogP contribution in [-0.2, 0) is 5.16 Å². The highest BCUT2D eigenvalue weighted by Crippen LogP contribution is 2.93. The van der Waals surface area contributed by atoms with Crippen molar-refractivity contribution in [2.45, 2.75) is 48.8 Å². The minimum atomic E-state index is -1.57. The van der Waals surface area contributed by atoms with Gasteiger partial charge in [0.1, 0.15) is 0 Å². The van der Waals surface area contributed by atoms with Crippen molar-refractivity contribution < 1.29 is 0 Å². The van der Waals surface area contributed by atoms with Crippen molar-refractivity contribution in [2.24, 2.45) is 0 Å². The molecule has 3 aromatic carbocycles. The maximum Gasteiger partial charge on any atom is 0.0550 e. The van der Waals surface area contributed by atoms with Gasteiger partial charge in [0.05, 0.1) is 16.1 Å². The van der Waals surface area contributed by atoms with Gasteiger partial charge >= 0.3 is 0 Å². The van der Waals surface area contributed by atoms with Crippen molar-refractivity contribution in [3.05, 3.63) is 102 Å². The lowest BCUT2D eigenvalue weighted by atomic mass is 9.92. The third-order valence-electron chi connectivity index (χ3n) is 6.71. The molecule has 150 valence electrons. The molecule has 0 spiro atoms. The molecule has 1 atom stereocenters. The fraction of sp³-hybridized carbons (Fsp3) is 0.308. The number of benzene rings is 3. The van der Waals surface area contributed by atoms with Crippen LogP contribution in [0.2, 0.25) is 39.3 Å². The summed E-state index contributed by atoms with van der Waals surface area (Å²) in [5, 5.41) is 1.71. The predicted molar refractivity (Wildman–Crippen MR) is 136 cm³/mol. The molecule has 0 radical (unpaired) electrons. The SMILES string of the molecule is C[Si](C)(C)C1([Si](C)(C)C)P(c2ccccc2)C1(c1ccccc1)c1ccccc1. The Morgan fingerprint density at radius 3 is 1.21 bits per heavy atom. The van der Waals surface area contributed by atoms with Gasteiger partial charge in [0.2, 0.25) is 0 Å². The molecule has 4 rings (SSSR count). The molecular weight excluding hydrogens is 399 g/mol. The van der Waals surface area contributed by atoms with Gasteiger partial charge in [-0.1, -0.05) is 138 Å². The molecule has 3 aromatic rings. The maximum atomic E-state index is 2.64. The van der Waals surface area contributed by atoms with Crippen LogP contribution in [0.15, 0.2) is 91.0 Å². The molecule has 1 aliphatic rings. The first-order chi connectivity index (χ1) is 13.7. The van der Waals surface area contributed by atoms with Gasteiger partial charge in [-0.2, -0.15) is 0 Å². The summed E-state index contributed by atoms with van der Waals surface area (Å²) in [5.41, 5.74) is 3.07. The minimum absolute atomic E-state index is 0.126. The van der Waals surface area contributed by atoms with Crippen molar-refractivity contribution in [1.29, 1.82) is 0 Å². The fourth-order valence-corrected chi connectivity index (χ4v) is 30.8. The molecule has 1 saturated heterocycles. The monoisotopic (exact) mass is 432 g/mol. The molecule has 0 bridgehead atoms. The first-order valence-electron chi connectivity index (χ1n) is 10.7. The molecule has 0 saturated carbocycles. The zero-order valence-corrected chi connectivity index (χ0v) is 21.5. The van der Waals surface area contributed by atoms with E-state index in [1.165, 1.54) is 11.1 Å². The van der Waals surface area contributed by atoms with Crippen molar-refractivity contribution in [3.63, 3.8) is 0 Å². The zero-order valence-electron chi connectivity index (χ0n) is 18.6. The summed E-state index contributed by atoms with van der Waals surface area (Å²) in [6.07, 6.45) is 0. The Kier molecular flexibility index (Phi) is 5.05. The van der Waals surface area contributed by atoms with Crippen LogP contribution in [0.1, 0.15) is 11.1 Å². The summed E-state index contributed by atoms with van der Waals surface area (Å²) < 4.78 is 0.409. The van der Waals surface area contributed by atoms with E-state index in [0.717, 1.165) is 0 Å². The Bertz CT molecular complexity index is 916. The molecule has 3 heteroatoms. The van der Waals surface area contributed by atoms with Gasteiger partial charge in [-0.15, -0.1) is 0 Å². The summed E-state index contributed by atoms with van der Waals surface area (Å²) in [5.74, 6) is 0. The summed E-state index contributed by atoms with van der Waals surface area (Å²) in [6, 6.07) is 34.4. The van der Waals surface area contributed by atoms with E-state index < -0.39 is 16.1 Å². The summed E-state index contributed by atoms with van der Waals surface area (Å²) >= 11 is 0. The Morgan fingerprint density at radius 1 is 0.517 bits per heavy atom. The summed E-state index contributed by atoms with van der Waals surface area (Å²) in [7, 11) is -3.48. The highest BCUT2D eigenvalue weighted by molar-refractivity contribution is 7.83. The average molecular weight is 433 g/mol. The van der Waals surface area contributed by atoms with Crippen LogP contribution in [0.4, 0.5) is 0 Å². The van der Waals surface area contributed by atoms with Gasteiger partial charge in [-0.25, -0.2) is 0 Å². The van der Waals surface area contributed by atoms with E-state index in [-0.39, 0.29) is 13.1 Å². The van der Waals surface area contributed by atoms with Gasteiger partial charge in [0.15, 0.2) is 0 Å². The van der Waals surface area contributed by atoms with Crippen molar-refractivity contribution in [2.75, 3.05) is 0 Å². The lowest BCUT2D eigenvalue weighted by Gasteiger charge is -2.44. The highest BCUT2D eigenvalue weighted by Gasteiger charge is 2.85. The highest BCUT2D eigenvalue weighted by atomic mass is 31.1. The van der Waals surface area contributed by atoms with E-state index in [2.05, 4.69) is 130 Å². The average Bonchev–Trinajstić information content (AvgIpc) is 3.38. The predicted octanol–water partition coefficient (Wildman–Crippen LogP) is 7.24. The Balaban J connectivity index is 2.15. The zero-order chi connectivity index (χ0) is 20.9. The van der Waals surface area contributed by atoms with E-state index in [9.17, 15) is 0 Å². The molecule has 0 nitrogen and oxygen atoms in total. The summed E-state index contributed by atoms with van der Waals surface area (Å²) in [6.45, 7) is 15.8. The van der Waals surface area contributed by atoms with Crippen molar-refractivity contribution in [3.8, 4) is 0 Å². The number of rotatable bonds is 5. The molecule has 1 aliphatic heterocycles. The minimum Gasteiger partial charge on any atom is -0.0690 e. The first-order valence-corrected chi connectivity index (χ1v) is 19.0. The molecule has 0 aliphatic carbocycles. The van der Waals surface area contributed by atoms with Crippen LogP contribution < -0.4 is 5.30 Å². The third kappa shape index (κ3) is 2.80. The van der Waals surface area contributed by atoms with Crippen molar-refractivity contribution in [1.82, 2.24) is 0 Å². The number of hydrogen-bond donors (Lipinski definition) is 0. The Hall–Kier alpha value is -1.48. The molecular formula is C26H33PSi2. The molecule has 1 unspecified atom stereocenters. The normalized spacial score (nSPS) is 20.3. The first kappa shape index (κ1) is 20.8. The van der Waals surface area contributed by atoms with Crippen molar-refractivity contribution >= 4 is 29.4 Å². The van der Waals surface area contributed by atoms with E-state index in [1.54, 1.807) is 5.30 Å². The number of hydrogen-bond acceptors (Lipinski definition) is 0. The van der Waals surface area contributed by atoms with E-state index in [4.69, 9.17) is 0 Å². The largest absolute Gasteiger partial charge is 0.0690 e. The molecule has 0 amide bonds. The lowest BCUT2D eigenvalue weighted by Crippen LogP contribution is -2.61. The van der Waals surface area contributed by atoms with Crippen LogP contribution in [0, 0.1) is 0 Å². The van der Waals surface area contributed by atoms with Crippen LogP contribution >= 0.6 is 7.92 Å². The molecule has 29 heavy (non-hydrogen) atoms. The van der Waals surface area contributed by atoms with Crippen LogP contribution in [0.25, 0.3) is 0 Å². The Labute approximate surface area is 180 Å². The van der Waals surface area contributed by atoms with Gasteiger partial charge in [-0.05, 0) is 16.4 Å². The van der Waals surface area contributed by atoms with E-state index in [0.29, 0.717) is 4.40 Å². The van der Waals surface area contributed by atoms with Gasteiger partial charge < -0.3 is 0 Å². The molecule has 1 fully saturated rings. The van der Waals surface area contributed by atoms with Gasteiger partial charge in [0, 0.05) is 9.56 Å². The van der Waals surface area contributed by atoms with Gasteiger partial charge in [0.25, 0.3) is 0 Å². The fourth-order valence-electron chi connectivity index (χ4n) is 6.41. The Morgan fingerprint density at radius 2 is 0.862 bits per heavy atom. The molecule has 0 aromatic heterocycles. The molecule has 0 N–H and O–H groups in total. The second-order valence-corrected chi connectivity index (χ2v) is 24.7. The quantitative estimate of drug-likeness (QED) is 0.294. The van der Waals surface area contributed by atoms with Crippen LogP contribution in [0.5, 0.6) is 0 Å². The third-order valence-corrected chi connectivity index (χ3v) is 25.2. The standard InChI is InChI=1S/C26H33PSi2/c1-28(2,3)26(29(4,5)6)25(22-16-10-7-11-17-22,23-18-12-8-13-19-23)27(26)24-20-14-9-15-21-24/h7-21H,1-6H3. The van der Waals surface area contributed by atoms with E-state index in [1.807, 2.05) is 0 Å². The maximum absolute atomic E-state index is 2.64. The second-order valence-electron chi connectivity index (χ2n) is 10.3. The smallest absolute Gasteiger partial charge is 0.0550 e. The van der Waals surface area contributed by atoms with Gasteiger partial charge in [-0.3, -0.25) is 0 Å². The van der Waals surface area contributed by atoms with Crippen LogP contribution in [0.3, 0.4) is 0 Å². The summed E-state index contributed by atoms with van der Waals surface area (Å²) in [4.78, 5) is 0. The van der Waals surface area contributed by atoms with Crippen LogP contribution in [-0.4, -0.2) is 20.6 Å². The molecule has 1 heterocycles. The topological polar surface area (TPSA) is 0 Å².